The lowest BCUT2D eigenvalue weighted by Crippen LogP contribution is -2.47. The Morgan fingerprint density at radius 2 is 1.53 bits per heavy atom. The molecular weight excluding hydrogens is 442 g/mol. The van der Waals surface area contributed by atoms with Gasteiger partial charge in [-0.05, 0) is 35.3 Å². The van der Waals surface area contributed by atoms with Gasteiger partial charge in [-0.15, -0.1) is 0 Å². The molecule has 1 fully saturated rings. The Morgan fingerprint density at radius 3 is 2.38 bits per heavy atom. The van der Waals surface area contributed by atoms with Crippen LogP contribution in [-0.4, -0.2) is 42.2 Å². The number of nitrogens with zero attached hydrogens (tertiary/aromatic N) is 3. The molecule has 0 saturated carbocycles. The van der Waals surface area contributed by atoms with Crippen LogP contribution in [0.1, 0.15) is 5.76 Å². The molecule has 3 aromatic carbocycles. The number of rotatable bonds is 3. The molecule has 6 heteroatoms. The maximum Gasteiger partial charge on any atom is 0.286 e. The molecule has 34 heavy (non-hydrogen) atoms. The van der Waals surface area contributed by atoms with Crippen molar-refractivity contribution >= 4 is 45.4 Å². The van der Waals surface area contributed by atoms with Crippen molar-refractivity contribution in [2.45, 2.75) is 0 Å². The van der Waals surface area contributed by atoms with Crippen molar-refractivity contribution in [2.75, 3.05) is 31.1 Å². The molecular formula is C28H23N3O2S. The summed E-state index contributed by atoms with van der Waals surface area (Å²) in [6.07, 6.45) is 1.79. The number of benzene rings is 3. The van der Waals surface area contributed by atoms with E-state index in [1.54, 1.807) is 6.08 Å². The maximum absolute atomic E-state index is 12.6. The van der Waals surface area contributed by atoms with E-state index >= 15 is 0 Å². The van der Waals surface area contributed by atoms with E-state index in [-0.39, 0.29) is 5.91 Å². The quantitative estimate of drug-likeness (QED) is 0.353. The van der Waals surface area contributed by atoms with Gasteiger partial charge in [-0.25, -0.2) is 0 Å². The van der Waals surface area contributed by atoms with Crippen molar-refractivity contribution in [2.24, 2.45) is 4.99 Å². The number of aliphatic imine (C=N–C) groups is 1. The van der Waals surface area contributed by atoms with E-state index in [0.717, 1.165) is 42.7 Å². The Bertz CT molecular complexity index is 1410. The highest BCUT2D eigenvalue weighted by molar-refractivity contribution is 8.18. The summed E-state index contributed by atoms with van der Waals surface area (Å²) in [5, 5.41) is 3.32. The number of carbonyl (C=O) groups is 1. The number of piperazine rings is 1. The maximum atomic E-state index is 12.6. The smallest absolute Gasteiger partial charge is 0.286 e. The number of hydrogen-bond donors (Lipinski definition) is 0. The van der Waals surface area contributed by atoms with Crippen LogP contribution in [0.2, 0.25) is 0 Å². The number of carbonyl (C=O) groups excluding carboxylic acids is 1. The number of furan rings is 1. The average molecular weight is 466 g/mol. The zero-order chi connectivity index (χ0) is 22.9. The largest absolute Gasteiger partial charge is 0.457 e. The summed E-state index contributed by atoms with van der Waals surface area (Å²) in [4.78, 5) is 22.2. The highest BCUT2D eigenvalue weighted by atomic mass is 32.2. The van der Waals surface area contributed by atoms with E-state index in [2.05, 4.69) is 57.3 Å². The second-order valence-electron chi connectivity index (χ2n) is 8.35. The second-order valence-corrected chi connectivity index (χ2v) is 9.36. The van der Waals surface area contributed by atoms with Gasteiger partial charge >= 0.3 is 0 Å². The van der Waals surface area contributed by atoms with Gasteiger partial charge < -0.3 is 14.2 Å². The standard InChI is InChI=1S/C28H23N3O2S/c32-27-26(19-22-13-14-25(33-22)21-8-2-1-3-9-21)34-28(29-27)31-17-15-30(16-18-31)24-12-6-10-20-7-4-5-11-23(20)24/h1-14,19H,15-18H2/b26-19+. The summed E-state index contributed by atoms with van der Waals surface area (Å²) in [6.45, 7) is 3.43. The molecule has 3 heterocycles. The molecule has 4 aromatic rings. The Balaban J connectivity index is 1.13. The first-order valence-electron chi connectivity index (χ1n) is 11.4. The molecule has 2 aliphatic heterocycles. The normalized spacial score (nSPS) is 17.6. The molecule has 6 rings (SSSR count). The molecule has 2 aliphatic rings. The summed E-state index contributed by atoms with van der Waals surface area (Å²) in [7, 11) is 0. The van der Waals surface area contributed by atoms with Crippen LogP contribution in [0.4, 0.5) is 5.69 Å². The number of thioether (sulfide) groups is 1. The predicted molar refractivity (Wildman–Crippen MR) is 140 cm³/mol. The zero-order valence-electron chi connectivity index (χ0n) is 18.6. The van der Waals surface area contributed by atoms with Crippen molar-refractivity contribution < 1.29 is 9.21 Å². The minimum absolute atomic E-state index is 0.200. The lowest BCUT2D eigenvalue weighted by molar-refractivity contribution is -0.113. The van der Waals surface area contributed by atoms with Crippen molar-refractivity contribution in [1.29, 1.82) is 0 Å². The third kappa shape index (κ3) is 4.01. The van der Waals surface area contributed by atoms with Gasteiger partial charge in [0.1, 0.15) is 11.5 Å². The molecule has 0 aliphatic carbocycles. The van der Waals surface area contributed by atoms with E-state index in [4.69, 9.17) is 4.42 Å². The fraction of sp³-hybridized carbons (Fsp3) is 0.143. The van der Waals surface area contributed by atoms with Crippen LogP contribution in [0.15, 0.2) is 99.2 Å². The highest BCUT2D eigenvalue weighted by Crippen LogP contribution is 2.33. The van der Waals surface area contributed by atoms with Gasteiger partial charge in [-0.2, -0.15) is 4.99 Å². The van der Waals surface area contributed by atoms with Crippen LogP contribution in [0, 0.1) is 0 Å². The van der Waals surface area contributed by atoms with Gasteiger partial charge in [0.15, 0.2) is 5.17 Å². The molecule has 1 saturated heterocycles. The third-order valence-electron chi connectivity index (χ3n) is 6.23. The van der Waals surface area contributed by atoms with Gasteiger partial charge in [-0.1, -0.05) is 66.7 Å². The first-order chi connectivity index (χ1) is 16.7. The molecule has 0 spiro atoms. The van der Waals surface area contributed by atoms with E-state index < -0.39 is 0 Å². The van der Waals surface area contributed by atoms with Gasteiger partial charge in [-0.3, -0.25) is 4.79 Å². The molecule has 0 bridgehead atoms. The topological polar surface area (TPSA) is 49.1 Å². The number of amidine groups is 1. The van der Waals surface area contributed by atoms with E-state index in [0.29, 0.717) is 10.7 Å². The molecule has 0 unspecified atom stereocenters. The molecule has 1 aromatic heterocycles. The van der Waals surface area contributed by atoms with Crippen molar-refractivity contribution in [1.82, 2.24) is 4.90 Å². The van der Waals surface area contributed by atoms with Crippen LogP contribution < -0.4 is 4.90 Å². The SMILES string of the molecule is O=C1N=C(N2CCN(c3cccc4ccccc34)CC2)S/C1=C/c1ccc(-c2ccccc2)o1. The van der Waals surface area contributed by atoms with Crippen LogP contribution >= 0.6 is 11.8 Å². The van der Waals surface area contributed by atoms with E-state index in [9.17, 15) is 4.79 Å². The zero-order valence-corrected chi connectivity index (χ0v) is 19.4. The summed E-state index contributed by atoms with van der Waals surface area (Å²) in [5.41, 5.74) is 2.28. The summed E-state index contributed by atoms with van der Waals surface area (Å²) >= 11 is 1.43. The molecule has 168 valence electrons. The van der Waals surface area contributed by atoms with Gasteiger partial charge in [0.25, 0.3) is 5.91 Å². The van der Waals surface area contributed by atoms with Crippen LogP contribution in [0.3, 0.4) is 0 Å². The van der Waals surface area contributed by atoms with Gasteiger partial charge in [0.2, 0.25) is 0 Å². The van der Waals surface area contributed by atoms with Gasteiger partial charge in [0.05, 0.1) is 4.91 Å². The summed E-state index contributed by atoms with van der Waals surface area (Å²) in [5.74, 6) is 1.25. The van der Waals surface area contributed by atoms with Crippen LogP contribution in [0.25, 0.3) is 28.2 Å². The first kappa shape index (κ1) is 20.8. The fourth-order valence-corrected chi connectivity index (χ4v) is 5.42. The second kappa shape index (κ2) is 8.88. The monoisotopic (exact) mass is 465 g/mol. The number of amides is 1. The molecule has 0 radical (unpaired) electrons. The highest BCUT2D eigenvalue weighted by Gasteiger charge is 2.29. The third-order valence-corrected chi connectivity index (χ3v) is 7.27. The molecule has 5 nitrogen and oxygen atoms in total. The Kier molecular flexibility index (Phi) is 5.43. The van der Waals surface area contributed by atoms with Crippen LogP contribution in [-0.2, 0) is 4.79 Å². The van der Waals surface area contributed by atoms with E-state index in [1.165, 1.54) is 28.2 Å². The minimum Gasteiger partial charge on any atom is -0.457 e. The van der Waals surface area contributed by atoms with Crippen LogP contribution in [0.5, 0.6) is 0 Å². The summed E-state index contributed by atoms with van der Waals surface area (Å²) in [6, 6.07) is 28.7. The lowest BCUT2D eigenvalue weighted by atomic mass is 10.1. The number of hydrogen-bond acceptors (Lipinski definition) is 5. The molecule has 0 N–H and O–H groups in total. The Morgan fingerprint density at radius 1 is 0.794 bits per heavy atom. The Hall–Kier alpha value is -3.77. The lowest BCUT2D eigenvalue weighted by Gasteiger charge is -2.37. The van der Waals surface area contributed by atoms with Crippen molar-refractivity contribution in [3.05, 3.63) is 95.6 Å². The minimum atomic E-state index is -0.200. The van der Waals surface area contributed by atoms with Crippen molar-refractivity contribution in [3.63, 3.8) is 0 Å². The Labute approximate surface area is 202 Å². The predicted octanol–water partition coefficient (Wildman–Crippen LogP) is 5.89. The van der Waals surface area contributed by atoms with Crippen molar-refractivity contribution in [3.8, 4) is 11.3 Å². The number of anilines is 1. The first-order valence-corrected chi connectivity index (χ1v) is 12.2. The van der Waals surface area contributed by atoms with E-state index in [1.807, 2.05) is 42.5 Å². The molecule has 1 amide bonds. The number of fused-ring (bicyclic) bond motifs is 1. The summed E-state index contributed by atoms with van der Waals surface area (Å²) < 4.78 is 5.95. The van der Waals surface area contributed by atoms with Gasteiger partial charge in [0, 0.05) is 48.9 Å². The molecule has 0 atom stereocenters. The average Bonchev–Trinajstić information content (AvgIpc) is 3.51. The fourth-order valence-electron chi connectivity index (χ4n) is 4.47.